The third kappa shape index (κ3) is 3.80. The lowest BCUT2D eigenvalue weighted by atomic mass is 9.93. The van der Waals surface area contributed by atoms with Crippen molar-refractivity contribution < 1.29 is 4.39 Å². The first kappa shape index (κ1) is 15.5. The molecular formula is C17H27FN2. The van der Waals surface area contributed by atoms with Gasteiger partial charge in [0.15, 0.2) is 0 Å². The maximum absolute atomic E-state index is 13.5. The van der Waals surface area contributed by atoms with E-state index >= 15 is 0 Å². The summed E-state index contributed by atoms with van der Waals surface area (Å²) in [5, 5.41) is 3.25. The van der Waals surface area contributed by atoms with Gasteiger partial charge < -0.3 is 5.32 Å². The Hall–Kier alpha value is -0.930. The van der Waals surface area contributed by atoms with E-state index in [1.54, 1.807) is 6.07 Å². The molecule has 0 bridgehead atoms. The smallest absolute Gasteiger partial charge is 0.123 e. The molecule has 0 aliphatic carbocycles. The lowest BCUT2D eigenvalue weighted by molar-refractivity contribution is 0.0859. The summed E-state index contributed by atoms with van der Waals surface area (Å²) in [6.45, 7) is 4.41. The minimum absolute atomic E-state index is 0.121. The quantitative estimate of drug-likeness (QED) is 0.852. The molecule has 20 heavy (non-hydrogen) atoms. The highest BCUT2D eigenvalue weighted by Gasteiger charge is 2.28. The molecule has 2 nitrogen and oxygen atoms in total. The van der Waals surface area contributed by atoms with Gasteiger partial charge in [-0.05, 0) is 63.5 Å². The van der Waals surface area contributed by atoms with Crippen LogP contribution in [-0.4, -0.2) is 31.1 Å². The molecular weight excluding hydrogens is 251 g/mol. The van der Waals surface area contributed by atoms with Gasteiger partial charge in [-0.25, -0.2) is 4.39 Å². The highest BCUT2D eigenvalue weighted by Crippen LogP contribution is 2.32. The van der Waals surface area contributed by atoms with Crippen molar-refractivity contribution in [3.8, 4) is 0 Å². The summed E-state index contributed by atoms with van der Waals surface area (Å²) in [6, 6.07) is 8.13. The van der Waals surface area contributed by atoms with Gasteiger partial charge in [-0.15, -0.1) is 0 Å². The Morgan fingerprint density at radius 1 is 1.40 bits per heavy atom. The van der Waals surface area contributed by atoms with Crippen LogP contribution < -0.4 is 5.32 Å². The summed E-state index contributed by atoms with van der Waals surface area (Å²) < 4.78 is 13.5. The van der Waals surface area contributed by atoms with Crippen LogP contribution >= 0.6 is 0 Å². The lowest BCUT2D eigenvalue weighted by Crippen LogP contribution is -2.43. The Morgan fingerprint density at radius 2 is 2.25 bits per heavy atom. The van der Waals surface area contributed by atoms with Gasteiger partial charge in [0.2, 0.25) is 0 Å². The zero-order valence-electron chi connectivity index (χ0n) is 12.7. The molecule has 1 aliphatic heterocycles. The Bertz CT molecular complexity index is 408. The van der Waals surface area contributed by atoms with Crippen molar-refractivity contribution in [2.45, 2.75) is 51.1 Å². The molecule has 0 radical (unpaired) electrons. The van der Waals surface area contributed by atoms with Crippen molar-refractivity contribution in [1.29, 1.82) is 0 Å². The van der Waals surface area contributed by atoms with Crippen molar-refractivity contribution in [3.63, 3.8) is 0 Å². The second-order valence-electron chi connectivity index (χ2n) is 5.76. The molecule has 0 spiro atoms. The first-order valence-electron chi connectivity index (χ1n) is 7.92. The van der Waals surface area contributed by atoms with Crippen LogP contribution in [0.5, 0.6) is 0 Å². The Morgan fingerprint density at radius 3 is 2.95 bits per heavy atom. The monoisotopic (exact) mass is 278 g/mol. The number of nitrogens with one attached hydrogen (secondary N) is 1. The number of likely N-dealkylation sites (tertiary alicyclic amines) is 1. The number of hydrogen-bond acceptors (Lipinski definition) is 2. The molecule has 1 N–H and O–H groups in total. The average Bonchev–Trinajstić information content (AvgIpc) is 2.47. The number of nitrogens with zero attached hydrogens (tertiary/aromatic N) is 1. The minimum atomic E-state index is -0.121. The van der Waals surface area contributed by atoms with Gasteiger partial charge in [0.25, 0.3) is 0 Å². The van der Waals surface area contributed by atoms with Gasteiger partial charge in [0, 0.05) is 12.1 Å². The van der Waals surface area contributed by atoms with E-state index in [1.807, 2.05) is 13.1 Å². The topological polar surface area (TPSA) is 15.3 Å². The van der Waals surface area contributed by atoms with Gasteiger partial charge in [0.1, 0.15) is 5.82 Å². The summed E-state index contributed by atoms with van der Waals surface area (Å²) in [5.41, 5.74) is 1.13. The molecule has 2 unspecified atom stereocenters. The number of hydrogen-bond donors (Lipinski definition) is 1. The summed E-state index contributed by atoms with van der Waals surface area (Å²) in [5.74, 6) is -0.121. The fourth-order valence-electron chi connectivity index (χ4n) is 3.43. The lowest BCUT2D eigenvalue weighted by Gasteiger charge is -2.41. The first-order valence-corrected chi connectivity index (χ1v) is 7.92. The molecule has 1 aromatic rings. The van der Waals surface area contributed by atoms with Crippen LogP contribution in [0.4, 0.5) is 4.39 Å². The number of rotatable bonds is 6. The second-order valence-corrected chi connectivity index (χ2v) is 5.76. The van der Waals surface area contributed by atoms with Crippen LogP contribution in [0.25, 0.3) is 0 Å². The van der Waals surface area contributed by atoms with Crippen molar-refractivity contribution in [3.05, 3.63) is 35.6 Å². The second kappa shape index (κ2) is 7.75. The number of piperidine rings is 1. The van der Waals surface area contributed by atoms with Crippen LogP contribution in [0.2, 0.25) is 0 Å². The highest BCUT2D eigenvalue weighted by atomic mass is 19.1. The van der Waals surface area contributed by atoms with E-state index in [1.165, 1.54) is 31.7 Å². The molecule has 0 saturated carbocycles. The van der Waals surface area contributed by atoms with Crippen molar-refractivity contribution in [2.24, 2.45) is 0 Å². The fraction of sp³-hybridized carbons (Fsp3) is 0.647. The maximum atomic E-state index is 13.5. The van der Waals surface area contributed by atoms with E-state index in [0.29, 0.717) is 12.1 Å². The molecule has 112 valence electrons. The SMILES string of the molecule is CCC(c1cccc(F)c1)N1CCCCC1CCNC. The van der Waals surface area contributed by atoms with Crippen molar-refractivity contribution in [1.82, 2.24) is 10.2 Å². The van der Waals surface area contributed by atoms with Crippen LogP contribution in [0, 0.1) is 5.82 Å². The van der Waals surface area contributed by atoms with Gasteiger partial charge in [-0.3, -0.25) is 4.90 Å². The molecule has 1 aromatic carbocycles. The van der Waals surface area contributed by atoms with Gasteiger partial charge in [-0.2, -0.15) is 0 Å². The average molecular weight is 278 g/mol. The molecule has 2 atom stereocenters. The van der Waals surface area contributed by atoms with Gasteiger partial charge in [-0.1, -0.05) is 25.5 Å². The van der Waals surface area contributed by atoms with Crippen LogP contribution in [0.15, 0.2) is 24.3 Å². The fourth-order valence-corrected chi connectivity index (χ4v) is 3.43. The van der Waals surface area contributed by atoms with E-state index in [-0.39, 0.29) is 5.82 Å². The minimum Gasteiger partial charge on any atom is -0.320 e. The largest absolute Gasteiger partial charge is 0.320 e. The molecule has 1 aliphatic rings. The summed E-state index contributed by atoms with van der Waals surface area (Å²) in [7, 11) is 2.01. The first-order chi connectivity index (χ1) is 9.76. The third-order valence-electron chi connectivity index (χ3n) is 4.42. The number of benzene rings is 1. The summed E-state index contributed by atoms with van der Waals surface area (Å²) in [6.07, 6.45) is 6.08. The normalized spacial score (nSPS) is 21.9. The molecule has 3 heteroatoms. The van der Waals surface area contributed by atoms with Crippen LogP contribution in [0.1, 0.15) is 50.6 Å². The molecule has 1 heterocycles. The van der Waals surface area contributed by atoms with Crippen molar-refractivity contribution >= 4 is 0 Å². The van der Waals surface area contributed by atoms with Gasteiger partial charge >= 0.3 is 0 Å². The third-order valence-corrected chi connectivity index (χ3v) is 4.42. The maximum Gasteiger partial charge on any atom is 0.123 e. The molecule has 0 aromatic heterocycles. The Labute approximate surface area is 122 Å². The summed E-state index contributed by atoms with van der Waals surface area (Å²) in [4.78, 5) is 2.61. The highest BCUT2D eigenvalue weighted by molar-refractivity contribution is 5.20. The molecule has 0 amide bonds. The van der Waals surface area contributed by atoms with Gasteiger partial charge in [0.05, 0.1) is 0 Å². The predicted octanol–water partition coefficient (Wildman–Crippen LogP) is 3.74. The van der Waals surface area contributed by atoms with E-state index in [0.717, 1.165) is 25.1 Å². The van der Waals surface area contributed by atoms with E-state index in [9.17, 15) is 4.39 Å². The van der Waals surface area contributed by atoms with E-state index < -0.39 is 0 Å². The number of halogens is 1. The Balaban J connectivity index is 2.15. The standard InChI is InChI=1S/C17H27FN2/c1-3-17(14-7-6-8-15(18)13-14)20-12-5-4-9-16(20)10-11-19-2/h6-8,13,16-17,19H,3-5,9-12H2,1-2H3. The molecule has 1 saturated heterocycles. The van der Waals surface area contributed by atoms with Crippen LogP contribution in [-0.2, 0) is 0 Å². The molecule has 1 fully saturated rings. The zero-order chi connectivity index (χ0) is 14.4. The van der Waals surface area contributed by atoms with E-state index in [4.69, 9.17) is 0 Å². The Kier molecular flexibility index (Phi) is 5.99. The zero-order valence-corrected chi connectivity index (χ0v) is 12.7. The predicted molar refractivity (Wildman–Crippen MR) is 82.3 cm³/mol. The van der Waals surface area contributed by atoms with E-state index in [2.05, 4.69) is 23.2 Å². The van der Waals surface area contributed by atoms with Crippen LogP contribution in [0.3, 0.4) is 0 Å². The molecule has 2 rings (SSSR count). The summed E-state index contributed by atoms with van der Waals surface area (Å²) >= 11 is 0. The van der Waals surface area contributed by atoms with Crippen molar-refractivity contribution in [2.75, 3.05) is 20.1 Å².